The zero-order valence-corrected chi connectivity index (χ0v) is 6.37. The number of rotatable bonds is 2. The quantitative estimate of drug-likeness (QED) is 0.600. The van der Waals surface area contributed by atoms with Crippen LogP contribution in [0, 0.1) is 11.5 Å². The summed E-state index contributed by atoms with van der Waals surface area (Å²) >= 11 is 0. The highest BCUT2D eigenvalue weighted by Crippen LogP contribution is 2.11. The van der Waals surface area contributed by atoms with Crippen LogP contribution in [0.3, 0.4) is 0 Å². The Hall–Kier alpha value is -1.49. The van der Waals surface area contributed by atoms with Gasteiger partial charge in [0.25, 0.3) is 6.26 Å². The molecular weight excluding hydrogens is 138 g/mol. The van der Waals surface area contributed by atoms with E-state index >= 15 is 0 Å². The Kier molecular flexibility index (Phi) is 2.51. The average molecular weight is 147 g/mol. The average Bonchev–Trinajstić information content (AvgIpc) is 2.07. The summed E-state index contributed by atoms with van der Waals surface area (Å²) in [5.41, 5.74) is 1.25. The highest BCUT2D eigenvalue weighted by molar-refractivity contribution is 5.27. The van der Waals surface area contributed by atoms with E-state index in [-0.39, 0.29) is 0 Å². The minimum absolute atomic E-state index is 0.602. The summed E-state index contributed by atoms with van der Waals surface area (Å²) in [5.74, 6) is 0.602. The van der Waals surface area contributed by atoms with Gasteiger partial charge in [-0.15, -0.1) is 5.26 Å². The van der Waals surface area contributed by atoms with Gasteiger partial charge in [0, 0.05) is 0 Å². The van der Waals surface area contributed by atoms with Gasteiger partial charge in [0.05, 0.1) is 0 Å². The molecule has 0 aliphatic rings. The molecule has 2 heteroatoms. The van der Waals surface area contributed by atoms with Crippen LogP contribution < -0.4 is 4.74 Å². The van der Waals surface area contributed by atoms with Crippen molar-refractivity contribution >= 4 is 0 Å². The van der Waals surface area contributed by atoms with Gasteiger partial charge in [-0.1, -0.05) is 19.1 Å². The Morgan fingerprint density at radius 3 is 2.45 bits per heavy atom. The van der Waals surface area contributed by atoms with Crippen molar-refractivity contribution in [1.82, 2.24) is 0 Å². The lowest BCUT2D eigenvalue weighted by atomic mass is 10.2. The lowest BCUT2D eigenvalue weighted by Gasteiger charge is -1.96. The molecule has 0 N–H and O–H groups in total. The number of nitriles is 1. The van der Waals surface area contributed by atoms with E-state index in [0.717, 1.165) is 6.42 Å². The van der Waals surface area contributed by atoms with Crippen molar-refractivity contribution in [2.24, 2.45) is 0 Å². The van der Waals surface area contributed by atoms with Crippen molar-refractivity contribution in [2.75, 3.05) is 0 Å². The second-order valence-electron chi connectivity index (χ2n) is 2.19. The number of benzene rings is 1. The van der Waals surface area contributed by atoms with Crippen LogP contribution in [0.4, 0.5) is 0 Å². The van der Waals surface area contributed by atoms with Crippen LogP contribution in [0.5, 0.6) is 5.75 Å². The maximum Gasteiger partial charge on any atom is 0.292 e. The van der Waals surface area contributed by atoms with Crippen molar-refractivity contribution in [1.29, 1.82) is 5.26 Å². The summed E-state index contributed by atoms with van der Waals surface area (Å²) < 4.78 is 4.61. The Balaban J connectivity index is 2.76. The molecular formula is C9H9NO. The zero-order chi connectivity index (χ0) is 8.10. The first-order chi connectivity index (χ1) is 5.36. The minimum Gasteiger partial charge on any atom is -0.388 e. The SMILES string of the molecule is CCc1ccc(OC#N)cc1. The van der Waals surface area contributed by atoms with Crippen LogP contribution in [-0.4, -0.2) is 0 Å². The second-order valence-corrected chi connectivity index (χ2v) is 2.19. The van der Waals surface area contributed by atoms with E-state index in [1.54, 1.807) is 18.4 Å². The van der Waals surface area contributed by atoms with E-state index < -0.39 is 0 Å². The normalized spacial score (nSPS) is 8.73. The molecule has 0 amide bonds. The summed E-state index contributed by atoms with van der Waals surface area (Å²) in [4.78, 5) is 0. The first-order valence-electron chi connectivity index (χ1n) is 3.51. The standard InChI is InChI=1S/C9H9NO/c1-2-8-3-5-9(6-4-8)11-7-10/h3-6H,2H2,1H3. The monoisotopic (exact) mass is 147 g/mol. The lowest BCUT2D eigenvalue weighted by Crippen LogP contribution is -1.82. The van der Waals surface area contributed by atoms with Crippen molar-refractivity contribution in [3.8, 4) is 12.0 Å². The highest BCUT2D eigenvalue weighted by atomic mass is 16.5. The molecule has 56 valence electrons. The molecule has 0 fully saturated rings. The lowest BCUT2D eigenvalue weighted by molar-refractivity contribution is 0.507. The molecule has 0 saturated carbocycles. The van der Waals surface area contributed by atoms with E-state index in [4.69, 9.17) is 5.26 Å². The first kappa shape index (κ1) is 7.62. The third kappa shape index (κ3) is 1.98. The summed E-state index contributed by atoms with van der Waals surface area (Å²) in [7, 11) is 0. The van der Waals surface area contributed by atoms with E-state index in [1.807, 2.05) is 12.1 Å². The molecule has 1 aromatic carbocycles. The van der Waals surface area contributed by atoms with Crippen LogP contribution in [0.1, 0.15) is 12.5 Å². The molecule has 0 aromatic heterocycles. The molecule has 11 heavy (non-hydrogen) atoms. The molecule has 0 heterocycles. The van der Waals surface area contributed by atoms with E-state index in [0.29, 0.717) is 5.75 Å². The fourth-order valence-electron chi connectivity index (χ4n) is 0.846. The topological polar surface area (TPSA) is 33.0 Å². The number of hydrogen-bond acceptors (Lipinski definition) is 2. The molecule has 0 saturated heterocycles. The smallest absolute Gasteiger partial charge is 0.292 e. The van der Waals surface area contributed by atoms with Crippen molar-refractivity contribution in [3.05, 3.63) is 29.8 Å². The van der Waals surface area contributed by atoms with Gasteiger partial charge in [-0.2, -0.15) is 0 Å². The number of aryl methyl sites for hydroxylation is 1. The zero-order valence-electron chi connectivity index (χ0n) is 6.37. The van der Waals surface area contributed by atoms with E-state index in [1.165, 1.54) is 5.56 Å². The Labute approximate surface area is 66.0 Å². The van der Waals surface area contributed by atoms with Gasteiger partial charge in [-0.25, -0.2) is 0 Å². The van der Waals surface area contributed by atoms with E-state index in [9.17, 15) is 0 Å². The Bertz CT molecular complexity index is 258. The van der Waals surface area contributed by atoms with Crippen molar-refractivity contribution < 1.29 is 4.74 Å². The van der Waals surface area contributed by atoms with Crippen molar-refractivity contribution in [3.63, 3.8) is 0 Å². The minimum atomic E-state index is 0.602. The molecule has 0 radical (unpaired) electrons. The van der Waals surface area contributed by atoms with Gasteiger partial charge >= 0.3 is 0 Å². The molecule has 2 nitrogen and oxygen atoms in total. The van der Waals surface area contributed by atoms with E-state index in [2.05, 4.69) is 11.7 Å². The molecule has 0 bridgehead atoms. The molecule has 1 rings (SSSR count). The number of ether oxygens (including phenoxy) is 1. The fourth-order valence-corrected chi connectivity index (χ4v) is 0.846. The van der Waals surface area contributed by atoms with Crippen LogP contribution >= 0.6 is 0 Å². The maximum absolute atomic E-state index is 8.17. The van der Waals surface area contributed by atoms with Crippen molar-refractivity contribution in [2.45, 2.75) is 13.3 Å². The second kappa shape index (κ2) is 3.62. The molecule has 0 aliphatic carbocycles. The van der Waals surface area contributed by atoms with Crippen LogP contribution in [0.15, 0.2) is 24.3 Å². The third-order valence-electron chi connectivity index (χ3n) is 1.50. The van der Waals surface area contributed by atoms with Gasteiger partial charge in [0.1, 0.15) is 5.75 Å². The largest absolute Gasteiger partial charge is 0.388 e. The molecule has 0 atom stereocenters. The molecule has 0 spiro atoms. The molecule has 0 unspecified atom stereocenters. The summed E-state index contributed by atoms with van der Waals surface area (Å²) in [6.07, 6.45) is 2.63. The number of hydrogen-bond donors (Lipinski definition) is 0. The van der Waals surface area contributed by atoms with Gasteiger partial charge in [-0.05, 0) is 24.1 Å². The summed E-state index contributed by atoms with van der Waals surface area (Å²) in [6, 6.07) is 7.49. The molecule has 0 aliphatic heterocycles. The summed E-state index contributed by atoms with van der Waals surface area (Å²) in [5, 5.41) is 8.17. The highest BCUT2D eigenvalue weighted by Gasteiger charge is 1.91. The first-order valence-corrected chi connectivity index (χ1v) is 3.51. The van der Waals surface area contributed by atoms with Gasteiger partial charge in [-0.3, -0.25) is 0 Å². The predicted molar refractivity (Wildman–Crippen MR) is 42.1 cm³/mol. The Morgan fingerprint density at radius 2 is 2.00 bits per heavy atom. The van der Waals surface area contributed by atoms with Gasteiger partial charge in [0.15, 0.2) is 0 Å². The Morgan fingerprint density at radius 1 is 1.36 bits per heavy atom. The summed E-state index contributed by atoms with van der Waals surface area (Å²) in [6.45, 7) is 2.08. The van der Waals surface area contributed by atoms with Crippen LogP contribution in [0.25, 0.3) is 0 Å². The van der Waals surface area contributed by atoms with Gasteiger partial charge < -0.3 is 4.74 Å². The van der Waals surface area contributed by atoms with Crippen LogP contribution in [-0.2, 0) is 6.42 Å². The fraction of sp³-hybridized carbons (Fsp3) is 0.222. The molecule has 1 aromatic rings. The maximum atomic E-state index is 8.17. The van der Waals surface area contributed by atoms with Gasteiger partial charge in [0.2, 0.25) is 0 Å². The predicted octanol–water partition coefficient (Wildman–Crippen LogP) is 2.11. The van der Waals surface area contributed by atoms with Crippen LogP contribution in [0.2, 0.25) is 0 Å². The third-order valence-corrected chi connectivity index (χ3v) is 1.50. The number of nitrogens with zero attached hydrogens (tertiary/aromatic N) is 1.